The summed E-state index contributed by atoms with van der Waals surface area (Å²) in [5.74, 6) is -0.688. The Labute approximate surface area is 62.4 Å². The van der Waals surface area contributed by atoms with Crippen LogP contribution in [0.15, 0.2) is 24.2 Å². The van der Waals surface area contributed by atoms with Gasteiger partial charge in [-0.15, -0.1) is 0 Å². The minimum absolute atomic E-state index is 0.309. The zero-order valence-electron chi connectivity index (χ0n) is 4.97. The molecule has 1 atom stereocenters. The zero-order valence-corrected chi connectivity index (χ0v) is 5.73. The van der Waals surface area contributed by atoms with E-state index in [1.54, 1.807) is 0 Å². The molecule has 2 nitrogen and oxygen atoms in total. The van der Waals surface area contributed by atoms with Gasteiger partial charge in [0.15, 0.2) is 6.29 Å². The second-order valence-electron chi connectivity index (χ2n) is 1.85. The molecule has 1 aliphatic heterocycles. The number of allylic oxidation sites excluding steroid dienone is 2. The van der Waals surface area contributed by atoms with Crippen LogP contribution in [0.25, 0.3) is 0 Å². The normalized spacial score (nSPS) is 30.8. The maximum Gasteiger partial charge on any atom is 0.220 e. The topological polar surface area (TPSA) is 29.1 Å². The van der Waals surface area contributed by atoms with Crippen molar-refractivity contribution in [2.24, 2.45) is 0 Å². The van der Waals surface area contributed by atoms with Crippen LogP contribution >= 0.6 is 11.6 Å². The summed E-state index contributed by atoms with van der Waals surface area (Å²) < 4.78 is 12.6. The monoisotopic (exact) mass is 161 g/mol. The maximum atomic E-state index is 12.6. The molecule has 1 aliphatic rings. The number of carbonyl (C=O) groups is 1. The summed E-state index contributed by atoms with van der Waals surface area (Å²) in [6.45, 7) is 0. The van der Waals surface area contributed by atoms with Crippen molar-refractivity contribution in [3.8, 4) is 0 Å². The SMILES string of the molecule is O=CC1(Cl)NC=CC=C1F. The molecule has 0 aromatic heterocycles. The van der Waals surface area contributed by atoms with Crippen LogP contribution in [0.2, 0.25) is 0 Å². The fourth-order valence-corrected chi connectivity index (χ4v) is 0.709. The fraction of sp³-hybridized carbons (Fsp3) is 0.167. The van der Waals surface area contributed by atoms with E-state index in [0.29, 0.717) is 6.29 Å². The minimum Gasteiger partial charge on any atom is -0.361 e. The highest BCUT2D eigenvalue weighted by Crippen LogP contribution is 2.23. The first kappa shape index (κ1) is 7.28. The minimum atomic E-state index is -1.67. The molecule has 0 radical (unpaired) electrons. The highest BCUT2D eigenvalue weighted by molar-refractivity contribution is 6.33. The van der Waals surface area contributed by atoms with E-state index in [-0.39, 0.29) is 0 Å². The Morgan fingerprint density at radius 1 is 1.80 bits per heavy atom. The summed E-state index contributed by atoms with van der Waals surface area (Å²) in [4.78, 5) is 8.51. The van der Waals surface area contributed by atoms with Crippen molar-refractivity contribution in [1.29, 1.82) is 0 Å². The van der Waals surface area contributed by atoms with Gasteiger partial charge in [-0.2, -0.15) is 0 Å². The highest BCUT2D eigenvalue weighted by Gasteiger charge is 2.31. The van der Waals surface area contributed by atoms with Crippen LogP contribution in [-0.4, -0.2) is 11.3 Å². The van der Waals surface area contributed by atoms with Crippen LogP contribution in [0.1, 0.15) is 0 Å². The number of rotatable bonds is 1. The quantitative estimate of drug-likeness (QED) is 0.354. The fourth-order valence-electron chi connectivity index (χ4n) is 0.583. The molecule has 0 saturated carbocycles. The summed E-state index contributed by atoms with van der Waals surface area (Å²) in [7, 11) is 0. The van der Waals surface area contributed by atoms with Crippen LogP contribution in [0, 0.1) is 0 Å². The maximum absolute atomic E-state index is 12.6. The van der Waals surface area contributed by atoms with Gasteiger partial charge in [-0.05, 0) is 18.4 Å². The van der Waals surface area contributed by atoms with E-state index in [1.165, 1.54) is 12.3 Å². The average Bonchev–Trinajstić information content (AvgIpc) is 1.96. The van der Waals surface area contributed by atoms with Gasteiger partial charge in [-0.25, -0.2) is 4.39 Å². The van der Waals surface area contributed by atoms with Crippen molar-refractivity contribution < 1.29 is 9.18 Å². The average molecular weight is 162 g/mol. The van der Waals surface area contributed by atoms with E-state index in [4.69, 9.17) is 11.6 Å². The molecule has 0 fully saturated rings. The Balaban J connectivity index is 2.91. The third-order valence-corrected chi connectivity index (χ3v) is 1.52. The number of hydrogen-bond acceptors (Lipinski definition) is 2. The summed E-state index contributed by atoms with van der Waals surface area (Å²) in [6.07, 6.45) is 4.28. The largest absolute Gasteiger partial charge is 0.361 e. The lowest BCUT2D eigenvalue weighted by Crippen LogP contribution is -2.39. The molecule has 0 saturated heterocycles. The molecule has 4 heteroatoms. The van der Waals surface area contributed by atoms with Gasteiger partial charge in [0.05, 0.1) is 0 Å². The second-order valence-corrected chi connectivity index (χ2v) is 2.44. The first-order valence-corrected chi connectivity index (χ1v) is 3.02. The number of halogens is 2. The van der Waals surface area contributed by atoms with Crippen LogP contribution in [0.5, 0.6) is 0 Å². The second kappa shape index (κ2) is 2.42. The highest BCUT2D eigenvalue weighted by atomic mass is 35.5. The van der Waals surface area contributed by atoms with E-state index in [1.807, 2.05) is 0 Å². The molecule has 1 N–H and O–H groups in total. The van der Waals surface area contributed by atoms with Crippen LogP contribution in [-0.2, 0) is 4.79 Å². The van der Waals surface area contributed by atoms with Crippen LogP contribution < -0.4 is 5.32 Å². The molecule has 0 aromatic carbocycles. The number of dihydropyridines is 1. The zero-order chi connectivity index (χ0) is 7.61. The number of hydrogen-bond donors (Lipinski definition) is 1. The third-order valence-electron chi connectivity index (χ3n) is 1.14. The summed E-state index contributed by atoms with van der Waals surface area (Å²) >= 11 is 5.44. The first-order valence-electron chi connectivity index (χ1n) is 2.65. The lowest BCUT2D eigenvalue weighted by Gasteiger charge is -2.20. The van der Waals surface area contributed by atoms with Gasteiger partial charge in [-0.1, -0.05) is 11.6 Å². The van der Waals surface area contributed by atoms with Crippen molar-refractivity contribution in [2.75, 3.05) is 0 Å². The Kier molecular flexibility index (Phi) is 1.76. The Hall–Kier alpha value is -0.830. The third kappa shape index (κ3) is 1.04. The summed E-state index contributed by atoms with van der Waals surface area (Å²) in [6, 6.07) is 0. The smallest absolute Gasteiger partial charge is 0.220 e. The van der Waals surface area contributed by atoms with Crippen molar-refractivity contribution in [3.05, 3.63) is 24.2 Å². The van der Waals surface area contributed by atoms with E-state index >= 15 is 0 Å². The molecule has 54 valence electrons. The van der Waals surface area contributed by atoms with Gasteiger partial charge in [0.1, 0.15) is 5.83 Å². The summed E-state index contributed by atoms with van der Waals surface area (Å²) in [5.41, 5.74) is 0. The lowest BCUT2D eigenvalue weighted by molar-refractivity contribution is -0.110. The van der Waals surface area contributed by atoms with E-state index < -0.39 is 10.8 Å². The molecule has 0 amide bonds. The van der Waals surface area contributed by atoms with Gasteiger partial charge in [0.2, 0.25) is 5.00 Å². The molecule has 10 heavy (non-hydrogen) atoms. The predicted octanol–water partition coefficient (Wildman–Crippen LogP) is 1.09. The van der Waals surface area contributed by atoms with Crippen LogP contribution in [0.3, 0.4) is 0 Å². The number of carbonyl (C=O) groups excluding carboxylic acids is 1. The van der Waals surface area contributed by atoms with E-state index in [9.17, 15) is 9.18 Å². The van der Waals surface area contributed by atoms with Crippen molar-refractivity contribution in [2.45, 2.75) is 5.00 Å². The molecule has 1 unspecified atom stereocenters. The molecule has 1 rings (SSSR count). The lowest BCUT2D eigenvalue weighted by atomic mass is 10.2. The summed E-state index contributed by atoms with van der Waals surface area (Å²) in [5, 5.41) is 2.37. The Bertz CT molecular complexity index is 214. The van der Waals surface area contributed by atoms with E-state index in [2.05, 4.69) is 5.32 Å². The molecule has 0 aliphatic carbocycles. The van der Waals surface area contributed by atoms with Gasteiger partial charge >= 0.3 is 0 Å². The molecular formula is C6H5ClFNO. The van der Waals surface area contributed by atoms with Gasteiger partial charge in [0, 0.05) is 0 Å². The molecule has 1 heterocycles. The van der Waals surface area contributed by atoms with Gasteiger partial charge < -0.3 is 5.32 Å². The standard InChI is InChI=1S/C6H5ClFNO/c7-6(4-10)5(8)2-1-3-9-6/h1-4,9H. The number of nitrogens with one attached hydrogen (secondary N) is 1. The van der Waals surface area contributed by atoms with Crippen molar-refractivity contribution >= 4 is 17.9 Å². The first-order chi connectivity index (χ1) is 4.69. The molecular weight excluding hydrogens is 157 g/mol. The van der Waals surface area contributed by atoms with Crippen LogP contribution in [0.4, 0.5) is 4.39 Å². The molecule has 0 bridgehead atoms. The van der Waals surface area contributed by atoms with Crippen molar-refractivity contribution in [1.82, 2.24) is 5.32 Å². The van der Waals surface area contributed by atoms with Gasteiger partial charge in [-0.3, -0.25) is 4.79 Å². The number of alkyl halides is 1. The van der Waals surface area contributed by atoms with Crippen molar-refractivity contribution in [3.63, 3.8) is 0 Å². The number of aldehydes is 1. The molecule has 0 aromatic rings. The predicted molar refractivity (Wildman–Crippen MR) is 36.1 cm³/mol. The Morgan fingerprint density at radius 3 is 2.90 bits per heavy atom. The Morgan fingerprint density at radius 2 is 2.50 bits per heavy atom. The molecule has 0 spiro atoms. The van der Waals surface area contributed by atoms with Gasteiger partial charge in [0.25, 0.3) is 0 Å². The van der Waals surface area contributed by atoms with E-state index in [0.717, 1.165) is 6.08 Å².